The molecule has 0 bridgehead atoms. The van der Waals surface area contributed by atoms with Gasteiger partial charge in [-0.05, 0) is 24.6 Å². The minimum absolute atomic E-state index is 0.173. The van der Waals surface area contributed by atoms with Crippen LogP contribution >= 0.6 is 0 Å². The van der Waals surface area contributed by atoms with Gasteiger partial charge in [0.2, 0.25) is 12.5 Å². The lowest BCUT2D eigenvalue weighted by atomic mass is 9.64. The van der Waals surface area contributed by atoms with Gasteiger partial charge in [0.1, 0.15) is 11.7 Å². The average molecular weight is 372 g/mol. The summed E-state index contributed by atoms with van der Waals surface area (Å²) in [6.45, 7) is 1.46. The van der Waals surface area contributed by atoms with Crippen LogP contribution in [0.5, 0.6) is 0 Å². The molecule has 2 aromatic rings. The van der Waals surface area contributed by atoms with Crippen molar-refractivity contribution in [2.75, 3.05) is 20.2 Å². The van der Waals surface area contributed by atoms with Gasteiger partial charge in [-0.2, -0.15) is 0 Å². The van der Waals surface area contributed by atoms with Crippen molar-refractivity contribution < 1.29 is 23.7 Å². The second kappa shape index (κ2) is 7.22. The van der Waals surface area contributed by atoms with Gasteiger partial charge in [-0.15, -0.1) is 0 Å². The molecule has 8 heteroatoms. The van der Waals surface area contributed by atoms with E-state index in [2.05, 4.69) is 5.32 Å². The van der Waals surface area contributed by atoms with Gasteiger partial charge in [0, 0.05) is 17.4 Å². The lowest BCUT2D eigenvalue weighted by Crippen LogP contribution is -2.49. The van der Waals surface area contributed by atoms with Crippen molar-refractivity contribution >= 4 is 11.9 Å². The van der Waals surface area contributed by atoms with E-state index < -0.39 is 40.6 Å². The molecule has 2 heterocycles. The Morgan fingerprint density at radius 2 is 2.11 bits per heavy atom. The van der Waals surface area contributed by atoms with Crippen LogP contribution in [-0.4, -0.2) is 37.0 Å². The van der Waals surface area contributed by atoms with Gasteiger partial charge in [-0.25, -0.2) is 0 Å². The lowest BCUT2D eigenvalue weighted by Gasteiger charge is -2.34. The van der Waals surface area contributed by atoms with Crippen LogP contribution in [0.25, 0.3) is 0 Å². The van der Waals surface area contributed by atoms with E-state index in [1.165, 1.54) is 19.4 Å². The number of esters is 1. The minimum Gasteiger partial charge on any atom is -0.469 e. The van der Waals surface area contributed by atoms with Crippen molar-refractivity contribution in [2.45, 2.75) is 18.8 Å². The number of nitrogens with one attached hydrogen (secondary N) is 1. The average Bonchev–Trinajstić information content (AvgIpc) is 3.28. The summed E-state index contributed by atoms with van der Waals surface area (Å²) in [5, 5.41) is 14.1. The smallest absolute Gasteiger partial charge is 0.323 e. The van der Waals surface area contributed by atoms with Crippen LogP contribution in [0.15, 0.2) is 47.1 Å². The van der Waals surface area contributed by atoms with Crippen molar-refractivity contribution in [3.05, 3.63) is 69.7 Å². The summed E-state index contributed by atoms with van der Waals surface area (Å²) in [5.41, 5.74) is -0.0496. The lowest BCUT2D eigenvalue weighted by molar-refractivity contribution is -0.486. The van der Waals surface area contributed by atoms with E-state index in [0.717, 1.165) is 11.1 Å². The number of nitrogens with zero attached hydrogens (tertiary/aromatic N) is 1. The predicted octanol–water partition coefficient (Wildman–Crippen LogP) is 2.02. The van der Waals surface area contributed by atoms with Crippen LogP contribution in [0.4, 0.5) is 0 Å². The molecular weight excluding hydrogens is 352 g/mol. The number of hydrogen-bond donors (Lipinski definition) is 1. The van der Waals surface area contributed by atoms with Crippen LogP contribution in [0.3, 0.4) is 0 Å². The van der Waals surface area contributed by atoms with Crippen LogP contribution in [0.1, 0.15) is 28.7 Å². The normalized spacial score (nSPS) is 22.9. The molecule has 3 atom stereocenters. The predicted molar refractivity (Wildman–Crippen MR) is 94.7 cm³/mol. The Labute approximate surface area is 155 Å². The highest BCUT2D eigenvalue weighted by atomic mass is 16.6. The highest BCUT2D eigenvalue weighted by Gasteiger charge is 2.64. The zero-order chi connectivity index (χ0) is 19.6. The van der Waals surface area contributed by atoms with Crippen molar-refractivity contribution in [1.29, 1.82) is 0 Å². The number of rotatable bonds is 6. The zero-order valence-electron chi connectivity index (χ0n) is 15.0. The third kappa shape index (κ3) is 3.07. The Hall–Kier alpha value is -3.16. The van der Waals surface area contributed by atoms with Crippen molar-refractivity contribution in [3.63, 3.8) is 0 Å². The van der Waals surface area contributed by atoms with Gasteiger partial charge in [0.05, 0.1) is 13.4 Å². The van der Waals surface area contributed by atoms with E-state index in [9.17, 15) is 19.7 Å². The van der Waals surface area contributed by atoms with E-state index >= 15 is 0 Å². The van der Waals surface area contributed by atoms with Crippen molar-refractivity contribution in [2.24, 2.45) is 5.41 Å². The fourth-order valence-electron chi connectivity index (χ4n) is 3.88. The molecule has 1 aliphatic heterocycles. The zero-order valence-corrected chi connectivity index (χ0v) is 15.0. The number of aryl methyl sites for hydroxylation is 1. The van der Waals surface area contributed by atoms with Gasteiger partial charge in [-0.3, -0.25) is 19.7 Å². The molecule has 0 unspecified atom stereocenters. The second-order valence-corrected chi connectivity index (χ2v) is 6.62. The van der Waals surface area contributed by atoms with Gasteiger partial charge in [0.25, 0.3) is 0 Å². The largest absolute Gasteiger partial charge is 0.469 e. The van der Waals surface area contributed by atoms with Gasteiger partial charge in [0.15, 0.2) is 5.41 Å². The first-order valence-electron chi connectivity index (χ1n) is 8.49. The highest BCUT2D eigenvalue weighted by molar-refractivity contribution is 6.06. The fourth-order valence-corrected chi connectivity index (χ4v) is 3.88. The molecule has 1 aromatic carbocycles. The SMILES string of the molecule is COC(=O)[C@@]1([C@@H](C[N+](=O)[O-])c2ccco2)C(=O)NC[C@H]1c1ccc(C)cc1. The fraction of sp³-hybridized carbons (Fsp3) is 0.368. The summed E-state index contributed by atoms with van der Waals surface area (Å²) >= 11 is 0. The van der Waals surface area contributed by atoms with E-state index in [1.54, 1.807) is 6.07 Å². The molecule has 0 aliphatic carbocycles. The minimum atomic E-state index is -1.80. The second-order valence-electron chi connectivity index (χ2n) is 6.62. The molecule has 0 spiro atoms. The topological polar surface area (TPSA) is 112 Å². The number of carbonyl (C=O) groups excluding carboxylic acids is 2. The van der Waals surface area contributed by atoms with Crippen LogP contribution in [0.2, 0.25) is 0 Å². The molecule has 1 N–H and O–H groups in total. The highest BCUT2D eigenvalue weighted by Crippen LogP contribution is 2.51. The molecule has 1 fully saturated rings. The van der Waals surface area contributed by atoms with Crippen LogP contribution in [0, 0.1) is 22.5 Å². The van der Waals surface area contributed by atoms with Crippen LogP contribution < -0.4 is 5.32 Å². The number of nitro groups is 1. The van der Waals surface area contributed by atoms with Crippen molar-refractivity contribution in [3.8, 4) is 0 Å². The summed E-state index contributed by atoms with van der Waals surface area (Å²) in [6, 6.07) is 10.5. The van der Waals surface area contributed by atoms with E-state index in [4.69, 9.17) is 9.15 Å². The standard InChI is InChI=1S/C19H20N2O6/c1-12-5-7-13(8-6-12)14-10-20-17(22)19(14,18(23)26-2)15(11-21(24)25)16-4-3-9-27-16/h3-9,14-15H,10-11H2,1-2H3,(H,20,22)/t14-,15-,19-/m0/s1. The quantitative estimate of drug-likeness (QED) is 0.359. The maximum absolute atomic E-state index is 13.0. The summed E-state index contributed by atoms with van der Waals surface area (Å²) < 4.78 is 10.4. The van der Waals surface area contributed by atoms with Gasteiger partial charge in [-0.1, -0.05) is 29.8 Å². The molecular formula is C19H20N2O6. The number of hydrogen-bond acceptors (Lipinski definition) is 6. The number of ether oxygens (including phenoxy) is 1. The molecule has 3 rings (SSSR count). The molecule has 1 aliphatic rings. The monoisotopic (exact) mass is 372 g/mol. The molecule has 1 saturated heterocycles. The Kier molecular flexibility index (Phi) is 4.98. The number of furan rings is 1. The van der Waals surface area contributed by atoms with Crippen molar-refractivity contribution in [1.82, 2.24) is 5.32 Å². The third-order valence-electron chi connectivity index (χ3n) is 5.16. The summed E-state index contributed by atoms with van der Waals surface area (Å²) in [5.74, 6) is -2.95. The Balaban J connectivity index is 2.21. The van der Waals surface area contributed by atoms with Crippen LogP contribution in [-0.2, 0) is 14.3 Å². The third-order valence-corrected chi connectivity index (χ3v) is 5.16. The van der Waals surface area contributed by atoms with E-state index in [0.29, 0.717) is 0 Å². The number of amides is 1. The van der Waals surface area contributed by atoms with E-state index in [-0.39, 0.29) is 12.3 Å². The molecule has 1 aromatic heterocycles. The molecule has 142 valence electrons. The number of methoxy groups -OCH3 is 1. The number of benzene rings is 1. The Morgan fingerprint density at radius 1 is 1.41 bits per heavy atom. The van der Waals surface area contributed by atoms with Gasteiger partial charge < -0.3 is 14.5 Å². The maximum Gasteiger partial charge on any atom is 0.323 e. The molecule has 1 amide bonds. The Bertz CT molecular complexity index is 846. The molecule has 27 heavy (non-hydrogen) atoms. The molecule has 0 radical (unpaired) electrons. The Morgan fingerprint density at radius 3 is 2.67 bits per heavy atom. The summed E-state index contributed by atoms with van der Waals surface area (Å²) in [4.78, 5) is 36.8. The van der Waals surface area contributed by atoms with E-state index in [1.807, 2.05) is 31.2 Å². The summed E-state index contributed by atoms with van der Waals surface area (Å²) in [7, 11) is 1.17. The molecule has 8 nitrogen and oxygen atoms in total. The number of carbonyl (C=O) groups is 2. The van der Waals surface area contributed by atoms with Gasteiger partial charge >= 0.3 is 5.97 Å². The maximum atomic E-state index is 13.0. The first-order chi connectivity index (χ1) is 12.9. The molecule has 0 saturated carbocycles. The summed E-state index contributed by atoms with van der Waals surface area (Å²) in [6.07, 6.45) is 1.36. The first kappa shape index (κ1) is 18.6. The first-order valence-corrected chi connectivity index (χ1v) is 8.49.